The van der Waals surface area contributed by atoms with Gasteiger partial charge in [-0.15, -0.1) is 0 Å². The fraction of sp³-hybridized carbons (Fsp3) is 0.0667. The lowest BCUT2D eigenvalue weighted by Gasteiger charge is -2.07. The van der Waals surface area contributed by atoms with Crippen molar-refractivity contribution in [2.24, 2.45) is 0 Å². The molecule has 0 saturated carbocycles. The number of hydrogen-bond donors (Lipinski definition) is 0. The van der Waals surface area contributed by atoms with E-state index >= 15 is 0 Å². The van der Waals surface area contributed by atoms with Gasteiger partial charge in [0.2, 0.25) is 3.79 Å². The first-order valence-corrected chi connectivity index (χ1v) is 8.86. The van der Waals surface area contributed by atoms with Crippen LogP contribution in [-0.4, -0.2) is 3.79 Å². The zero-order valence-corrected chi connectivity index (χ0v) is 17.3. The highest BCUT2D eigenvalue weighted by Gasteiger charge is 2.26. The molecule has 2 aromatic carbocycles. The summed E-state index contributed by atoms with van der Waals surface area (Å²) in [7, 11) is 0. The van der Waals surface area contributed by atoms with E-state index in [2.05, 4.69) is 0 Å². The number of rotatable bonds is 0. The molecule has 0 N–H and O–H groups in total. The van der Waals surface area contributed by atoms with E-state index in [0.29, 0.717) is 0 Å². The van der Waals surface area contributed by atoms with Gasteiger partial charge in [-0.1, -0.05) is 129 Å². The van der Waals surface area contributed by atoms with Crippen molar-refractivity contribution in [1.82, 2.24) is 0 Å². The molecular formula is C15H10Cl8. The minimum absolute atomic E-state index is 0.198. The third-order valence-corrected chi connectivity index (χ3v) is 4.29. The first-order chi connectivity index (χ1) is 10.6. The highest BCUT2D eigenvalue weighted by molar-refractivity contribution is 6.75. The first-order valence-electron chi connectivity index (χ1n) is 5.83. The van der Waals surface area contributed by atoms with Gasteiger partial charge >= 0.3 is 0 Å². The second-order valence-corrected chi connectivity index (χ2v) is 8.14. The zero-order valence-electron chi connectivity index (χ0n) is 11.3. The molecule has 126 valence electrons. The van der Waals surface area contributed by atoms with E-state index in [9.17, 15) is 0 Å². The van der Waals surface area contributed by atoms with Crippen molar-refractivity contribution in [2.75, 3.05) is 0 Å². The third-order valence-electron chi connectivity index (χ3n) is 1.88. The van der Waals surface area contributed by atoms with E-state index in [4.69, 9.17) is 92.8 Å². The van der Waals surface area contributed by atoms with Crippen molar-refractivity contribution in [3.05, 3.63) is 80.2 Å². The monoisotopic (exact) mass is 470 g/mol. The molecule has 23 heavy (non-hydrogen) atoms. The highest BCUT2D eigenvalue weighted by atomic mass is 35.6. The molecule has 0 fully saturated rings. The summed E-state index contributed by atoms with van der Waals surface area (Å²) in [5, 5.41) is 1.39. The zero-order chi connectivity index (χ0) is 17.9. The Morgan fingerprint density at radius 1 is 0.609 bits per heavy atom. The van der Waals surface area contributed by atoms with Crippen molar-refractivity contribution in [2.45, 2.75) is 3.79 Å². The van der Waals surface area contributed by atoms with Crippen LogP contribution in [0.1, 0.15) is 0 Å². The molecule has 0 unspecified atom stereocenters. The minimum atomic E-state index is -1.72. The standard InChI is InChI=1S/2C6H5Cl.C3Cl6/c2*7-6-4-2-1-3-5-6;4-1(2(5)6)3(7,8)9/h2*1-5H;. The van der Waals surface area contributed by atoms with Crippen LogP contribution in [0.2, 0.25) is 10.0 Å². The van der Waals surface area contributed by atoms with Crippen LogP contribution < -0.4 is 0 Å². The van der Waals surface area contributed by atoms with E-state index < -0.39 is 3.79 Å². The van der Waals surface area contributed by atoms with E-state index in [1.54, 1.807) is 0 Å². The Kier molecular flexibility index (Phi) is 13.1. The Morgan fingerprint density at radius 2 is 0.913 bits per heavy atom. The molecule has 0 nitrogen and oxygen atoms in total. The molecule has 0 spiro atoms. The van der Waals surface area contributed by atoms with Gasteiger partial charge in [0.1, 0.15) is 4.49 Å². The van der Waals surface area contributed by atoms with Crippen LogP contribution in [0.3, 0.4) is 0 Å². The molecular weight excluding hydrogens is 464 g/mol. The Balaban J connectivity index is 0.000000318. The van der Waals surface area contributed by atoms with Crippen LogP contribution in [0.5, 0.6) is 0 Å². The van der Waals surface area contributed by atoms with Crippen LogP contribution in [0.4, 0.5) is 0 Å². The van der Waals surface area contributed by atoms with Gasteiger partial charge in [0.15, 0.2) is 0 Å². The fourth-order valence-corrected chi connectivity index (χ4v) is 2.08. The summed E-state index contributed by atoms with van der Waals surface area (Å²) < 4.78 is -1.96. The largest absolute Gasteiger partial charge is 0.228 e. The fourth-order valence-electron chi connectivity index (χ4n) is 0.936. The molecule has 0 radical (unpaired) electrons. The summed E-state index contributed by atoms with van der Waals surface area (Å²) in [5.74, 6) is 0. The van der Waals surface area contributed by atoms with Gasteiger partial charge in [0.05, 0.1) is 5.03 Å². The molecule has 0 aliphatic heterocycles. The van der Waals surface area contributed by atoms with Crippen molar-refractivity contribution in [1.29, 1.82) is 0 Å². The Hall–Kier alpha value is 0.500. The second-order valence-electron chi connectivity index (χ2n) is 3.66. The summed E-state index contributed by atoms with van der Waals surface area (Å²) in [4.78, 5) is 0. The molecule has 0 aliphatic carbocycles. The van der Waals surface area contributed by atoms with Crippen molar-refractivity contribution < 1.29 is 0 Å². The van der Waals surface area contributed by atoms with E-state index in [0.717, 1.165) is 10.0 Å². The molecule has 0 saturated heterocycles. The quantitative estimate of drug-likeness (QED) is 0.335. The molecule has 0 aromatic heterocycles. The van der Waals surface area contributed by atoms with E-state index in [-0.39, 0.29) is 9.52 Å². The SMILES string of the molecule is ClC(Cl)=C(Cl)C(Cl)(Cl)Cl.Clc1ccccc1.Clc1ccccc1. The predicted octanol–water partition coefficient (Wildman–Crippen LogP) is 8.92. The van der Waals surface area contributed by atoms with Gasteiger partial charge in [-0.3, -0.25) is 0 Å². The molecule has 0 bridgehead atoms. The highest BCUT2D eigenvalue weighted by Crippen LogP contribution is 2.40. The summed E-state index contributed by atoms with van der Waals surface area (Å²) in [6.07, 6.45) is 0. The second kappa shape index (κ2) is 12.8. The lowest BCUT2D eigenvalue weighted by atomic mass is 10.4. The van der Waals surface area contributed by atoms with Gasteiger partial charge in [-0.05, 0) is 24.3 Å². The predicted molar refractivity (Wildman–Crippen MR) is 108 cm³/mol. The number of alkyl halides is 3. The number of allylic oxidation sites excluding steroid dienone is 1. The Labute approximate surface area is 175 Å². The van der Waals surface area contributed by atoms with Gasteiger partial charge in [-0.25, -0.2) is 0 Å². The average Bonchev–Trinajstić information content (AvgIpc) is 2.48. The van der Waals surface area contributed by atoms with Crippen molar-refractivity contribution in [3.8, 4) is 0 Å². The molecule has 0 aliphatic rings. The first kappa shape index (κ1) is 23.5. The molecule has 0 atom stereocenters. The van der Waals surface area contributed by atoms with Crippen LogP contribution >= 0.6 is 92.8 Å². The molecule has 8 heteroatoms. The molecule has 0 heterocycles. The lowest BCUT2D eigenvalue weighted by molar-refractivity contribution is 1.42. The molecule has 0 amide bonds. The third kappa shape index (κ3) is 13.5. The lowest BCUT2D eigenvalue weighted by Crippen LogP contribution is -2.01. The Bertz CT molecular complexity index is 534. The summed E-state index contributed by atoms with van der Waals surface area (Å²) in [6.45, 7) is 0. The topological polar surface area (TPSA) is 0 Å². The van der Waals surface area contributed by atoms with Crippen molar-refractivity contribution in [3.63, 3.8) is 0 Å². The van der Waals surface area contributed by atoms with E-state index in [1.807, 2.05) is 60.7 Å². The molecule has 2 aromatic rings. The van der Waals surface area contributed by atoms with Crippen LogP contribution in [-0.2, 0) is 0 Å². The maximum absolute atomic E-state index is 5.54. The minimum Gasteiger partial charge on any atom is -0.0843 e. The number of halogens is 8. The maximum atomic E-state index is 5.54. The van der Waals surface area contributed by atoms with Crippen LogP contribution in [0.25, 0.3) is 0 Å². The molecule has 2 rings (SSSR count). The number of hydrogen-bond acceptors (Lipinski definition) is 0. The maximum Gasteiger partial charge on any atom is 0.228 e. The Morgan fingerprint density at radius 3 is 1.00 bits per heavy atom. The summed E-state index contributed by atoms with van der Waals surface area (Å²) >= 11 is 42.5. The summed E-state index contributed by atoms with van der Waals surface area (Å²) in [5.41, 5.74) is 0. The summed E-state index contributed by atoms with van der Waals surface area (Å²) in [6, 6.07) is 18.9. The van der Waals surface area contributed by atoms with Crippen molar-refractivity contribution >= 4 is 92.8 Å². The van der Waals surface area contributed by atoms with Gasteiger partial charge in [0, 0.05) is 10.0 Å². The van der Waals surface area contributed by atoms with E-state index in [1.165, 1.54) is 0 Å². The normalized spacial score (nSPS) is 9.74. The smallest absolute Gasteiger partial charge is 0.0843 e. The number of benzene rings is 2. The van der Waals surface area contributed by atoms with Gasteiger partial charge in [-0.2, -0.15) is 0 Å². The van der Waals surface area contributed by atoms with Crippen LogP contribution in [0, 0.1) is 0 Å². The van der Waals surface area contributed by atoms with Gasteiger partial charge < -0.3 is 0 Å². The average molecular weight is 474 g/mol. The van der Waals surface area contributed by atoms with Crippen LogP contribution in [0.15, 0.2) is 70.2 Å². The van der Waals surface area contributed by atoms with Gasteiger partial charge in [0.25, 0.3) is 0 Å².